The van der Waals surface area contributed by atoms with Crippen LogP contribution >= 0.6 is 0 Å². The van der Waals surface area contributed by atoms with Gasteiger partial charge in [0.05, 0.1) is 11.8 Å². The number of hydrazone groups is 1. The van der Waals surface area contributed by atoms with Crippen molar-refractivity contribution in [3.63, 3.8) is 0 Å². The number of hydrogen-bond acceptors (Lipinski definition) is 5. The van der Waals surface area contributed by atoms with Crippen LogP contribution in [0, 0.1) is 0 Å². The molecule has 2 aromatic rings. The fourth-order valence-electron chi connectivity index (χ4n) is 2.35. The summed E-state index contributed by atoms with van der Waals surface area (Å²) in [6.07, 6.45) is -2.28. The largest absolute Gasteiger partial charge is 0.417 e. The molecule has 0 amide bonds. The Morgan fingerprint density at radius 3 is 2.37 bits per heavy atom. The van der Waals surface area contributed by atoms with E-state index in [4.69, 9.17) is 0 Å². The number of hydrogen-bond donors (Lipinski definition) is 1. The summed E-state index contributed by atoms with van der Waals surface area (Å²) in [6, 6.07) is 7.78. The molecule has 1 heterocycles. The van der Waals surface area contributed by atoms with Crippen molar-refractivity contribution in [3.05, 3.63) is 53.7 Å². The lowest BCUT2D eigenvalue weighted by Crippen LogP contribution is -2.30. The molecule has 1 aromatic carbocycles. The number of benzene rings is 1. The maximum Gasteiger partial charge on any atom is 0.417 e. The zero-order valence-corrected chi connectivity index (χ0v) is 15.5. The lowest BCUT2D eigenvalue weighted by Gasteiger charge is -2.18. The summed E-state index contributed by atoms with van der Waals surface area (Å²) in [6.45, 7) is 4.14. The van der Waals surface area contributed by atoms with Crippen LogP contribution in [0.25, 0.3) is 0 Å². The number of aromatic nitrogens is 1. The van der Waals surface area contributed by atoms with Crippen LogP contribution in [0.3, 0.4) is 0 Å². The third-order valence-electron chi connectivity index (χ3n) is 3.73. The number of anilines is 1. The quantitative estimate of drug-likeness (QED) is 0.570. The number of rotatable bonds is 7. The van der Waals surface area contributed by atoms with Gasteiger partial charge in [-0.05, 0) is 18.2 Å². The van der Waals surface area contributed by atoms with Gasteiger partial charge in [0, 0.05) is 24.8 Å². The zero-order chi connectivity index (χ0) is 20.1. The van der Waals surface area contributed by atoms with Gasteiger partial charge in [0.15, 0.2) is 0 Å². The molecule has 0 aliphatic rings. The molecule has 2 rings (SSSR count). The molecule has 0 aliphatic heterocycles. The molecule has 0 unspecified atom stereocenters. The molecule has 146 valence electrons. The Kier molecular flexibility index (Phi) is 6.55. The average Bonchev–Trinajstić information content (AvgIpc) is 2.62. The van der Waals surface area contributed by atoms with Crippen molar-refractivity contribution >= 4 is 22.1 Å². The maximum absolute atomic E-state index is 12.9. The summed E-state index contributed by atoms with van der Waals surface area (Å²) >= 11 is 0. The first-order valence-electron chi connectivity index (χ1n) is 8.11. The Morgan fingerprint density at radius 1 is 1.15 bits per heavy atom. The molecular weight excluding hydrogens is 381 g/mol. The first kappa shape index (κ1) is 20.8. The number of nitrogens with one attached hydrogen (secondary N) is 1. The van der Waals surface area contributed by atoms with Gasteiger partial charge in [-0.2, -0.15) is 22.6 Å². The predicted octanol–water partition coefficient (Wildman–Crippen LogP) is 3.58. The van der Waals surface area contributed by atoms with Crippen LogP contribution in [0.2, 0.25) is 0 Å². The lowest BCUT2D eigenvalue weighted by atomic mass is 10.1. The molecule has 0 radical (unpaired) electrons. The lowest BCUT2D eigenvalue weighted by molar-refractivity contribution is -0.137. The average molecular weight is 400 g/mol. The minimum Gasteiger partial charge on any atom is -0.261 e. The van der Waals surface area contributed by atoms with E-state index in [1.807, 2.05) is 0 Å². The van der Waals surface area contributed by atoms with Gasteiger partial charge in [0.2, 0.25) is 10.0 Å². The van der Waals surface area contributed by atoms with E-state index in [2.05, 4.69) is 15.5 Å². The van der Waals surface area contributed by atoms with E-state index in [9.17, 15) is 21.6 Å². The molecule has 0 atom stereocenters. The van der Waals surface area contributed by atoms with Crippen LogP contribution in [-0.4, -0.2) is 37.0 Å². The van der Waals surface area contributed by atoms with Crippen molar-refractivity contribution in [2.24, 2.45) is 5.10 Å². The van der Waals surface area contributed by atoms with Crippen molar-refractivity contribution in [2.75, 3.05) is 18.5 Å². The van der Waals surface area contributed by atoms with E-state index in [-0.39, 0.29) is 16.3 Å². The Hall–Kier alpha value is -2.46. The van der Waals surface area contributed by atoms with Crippen LogP contribution in [0.15, 0.2) is 52.6 Å². The van der Waals surface area contributed by atoms with Gasteiger partial charge < -0.3 is 0 Å². The third-order valence-corrected chi connectivity index (χ3v) is 5.76. The van der Waals surface area contributed by atoms with Gasteiger partial charge >= 0.3 is 6.18 Å². The van der Waals surface area contributed by atoms with Crippen molar-refractivity contribution < 1.29 is 21.6 Å². The second kappa shape index (κ2) is 8.49. The van der Waals surface area contributed by atoms with E-state index in [0.717, 1.165) is 12.3 Å². The first-order valence-corrected chi connectivity index (χ1v) is 9.55. The van der Waals surface area contributed by atoms with E-state index in [0.29, 0.717) is 13.1 Å². The minimum atomic E-state index is -4.48. The van der Waals surface area contributed by atoms with Crippen LogP contribution in [0.1, 0.15) is 25.0 Å². The van der Waals surface area contributed by atoms with Crippen LogP contribution < -0.4 is 5.43 Å². The Balaban J connectivity index is 2.14. The van der Waals surface area contributed by atoms with Gasteiger partial charge in [-0.3, -0.25) is 5.43 Å². The van der Waals surface area contributed by atoms with E-state index in [1.165, 1.54) is 40.8 Å². The molecule has 1 aromatic heterocycles. The second-order valence-corrected chi connectivity index (χ2v) is 7.36. The maximum atomic E-state index is 12.9. The normalized spacial score (nSPS) is 12.7. The van der Waals surface area contributed by atoms with Gasteiger partial charge in [-0.15, -0.1) is 0 Å². The van der Waals surface area contributed by atoms with Crippen molar-refractivity contribution in [1.29, 1.82) is 0 Å². The van der Waals surface area contributed by atoms with Crippen molar-refractivity contribution in [1.82, 2.24) is 9.29 Å². The molecule has 10 heteroatoms. The number of halogens is 3. The highest BCUT2D eigenvalue weighted by atomic mass is 32.2. The molecule has 1 N–H and O–H groups in total. The Morgan fingerprint density at radius 2 is 1.81 bits per heavy atom. The molecule has 0 saturated carbocycles. The third kappa shape index (κ3) is 5.04. The van der Waals surface area contributed by atoms with Crippen LogP contribution in [-0.2, 0) is 16.2 Å². The minimum absolute atomic E-state index is 0.0307. The highest BCUT2D eigenvalue weighted by molar-refractivity contribution is 7.89. The number of nitrogens with zero attached hydrogens (tertiary/aromatic N) is 3. The number of pyridine rings is 1. The number of alkyl halides is 3. The Labute approximate surface area is 155 Å². The summed E-state index contributed by atoms with van der Waals surface area (Å²) in [7, 11) is -3.62. The van der Waals surface area contributed by atoms with Crippen LogP contribution in [0.4, 0.5) is 19.0 Å². The Bertz CT molecular complexity index is 893. The topological polar surface area (TPSA) is 74.7 Å². The molecule has 27 heavy (non-hydrogen) atoms. The molecule has 6 nitrogen and oxygen atoms in total. The summed E-state index contributed by atoms with van der Waals surface area (Å²) in [4.78, 5) is 3.98. The van der Waals surface area contributed by atoms with Gasteiger partial charge in [0.25, 0.3) is 0 Å². The van der Waals surface area contributed by atoms with E-state index >= 15 is 0 Å². The monoisotopic (exact) mass is 400 g/mol. The van der Waals surface area contributed by atoms with Gasteiger partial charge in [0.1, 0.15) is 10.7 Å². The number of sulfonamides is 1. The predicted molar refractivity (Wildman–Crippen MR) is 97.0 cm³/mol. The zero-order valence-electron chi connectivity index (χ0n) is 14.7. The summed E-state index contributed by atoms with van der Waals surface area (Å²) in [5.74, 6) is 0.203. The highest BCUT2D eigenvalue weighted by Gasteiger charge is 2.32. The highest BCUT2D eigenvalue weighted by Crippen LogP contribution is 2.31. The molecule has 0 spiro atoms. The fraction of sp³-hybridized carbons (Fsp3) is 0.294. The standard InChI is InChI=1S/C17H19F3N4O2S/c1-3-24(4-2)27(25,26)14-9-10-16(21-12-14)23-22-11-13-7-5-6-8-15(13)17(18,19)20/h5-12H,3-4H2,1-2H3,(H,21,23). The molecular formula is C17H19F3N4O2S. The molecule has 0 bridgehead atoms. The van der Waals surface area contributed by atoms with Crippen molar-refractivity contribution in [3.8, 4) is 0 Å². The summed E-state index contributed by atoms with van der Waals surface area (Å²) < 4.78 is 64.8. The molecule has 0 saturated heterocycles. The molecule has 0 fully saturated rings. The van der Waals surface area contributed by atoms with E-state index in [1.54, 1.807) is 13.8 Å². The summed E-state index contributed by atoms with van der Waals surface area (Å²) in [5.41, 5.74) is 1.59. The van der Waals surface area contributed by atoms with Crippen molar-refractivity contribution in [2.45, 2.75) is 24.9 Å². The smallest absolute Gasteiger partial charge is 0.261 e. The SMILES string of the molecule is CCN(CC)S(=O)(=O)c1ccc(NN=Cc2ccccc2C(F)(F)F)nc1. The van der Waals surface area contributed by atoms with Crippen LogP contribution in [0.5, 0.6) is 0 Å². The first-order chi connectivity index (χ1) is 12.7. The second-order valence-electron chi connectivity index (χ2n) is 5.42. The van der Waals surface area contributed by atoms with E-state index < -0.39 is 21.8 Å². The van der Waals surface area contributed by atoms with Gasteiger partial charge in [-0.1, -0.05) is 32.0 Å². The van der Waals surface area contributed by atoms with Gasteiger partial charge in [-0.25, -0.2) is 13.4 Å². The molecule has 0 aliphatic carbocycles. The fourth-order valence-corrected chi connectivity index (χ4v) is 3.75. The summed E-state index contributed by atoms with van der Waals surface area (Å²) in [5, 5.41) is 3.75.